The molecule has 1 saturated carbocycles. The van der Waals surface area contributed by atoms with Gasteiger partial charge in [-0.3, -0.25) is 14.1 Å². The molecular formula is C20H24N6O2. The molecular weight excluding hydrogens is 356 g/mol. The Morgan fingerprint density at radius 1 is 1.18 bits per heavy atom. The monoisotopic (exact) mass is 380 g/mol. The maximum atomic E-state index is 12.6. The number of aromatic nitrogens is 5. The maximum Gasteiger partial charge on any atom is 0.316 e. The third-order valence-electron chi connectivity index (χ3n) is 5.99. The average molecular weight is 380 g/mol. The summed E-state index contributed by atoms with van der Waals surface area (Å²) >= 11 is 0. The fourth-order valence-electron chi connectivity index (χ4n) is 4.30. The van der Waals surface area contributed by atoms with Gasteiger partial charge in [-0.25, -0.2) is 15.0 Å². The summed E-state index contributed by atoms with van der Waals surface area (Å²) in [5, 5.41) is 0. The van der Waals surface area contributed by atoms with Crippen molar-refractivity contribution in [3.63, 3.8) is 0 Å². The van der Waals surface area contributed by atoms with E-state index in [1.54, 1.807) is 24.7 Å². The molecule has 0 aromatic carbocycles. The summed E-state index contributed by atoms with van der Waals surface area (Å²) in [5.41, 5.74) is 1.46. The van der Waals surface area contributed by atoms with Gasteiger partial charge in [-0.1, -0.05) is 12.8 Å². The fraction of sp³-hybridized carbons (Fsp3) is 0.500. The van der Waals surface area contributed by atoms with Crippen LogP contribution >= 0.6 is 0 Å². The number of imidazole rings is 1. The minimum absolute atomic E-state index is 0.0718. The second kappa shape index (κ2) is 7.01. The molecule has 1 unspecified atom stereocenters. The Kier molecular flexibility index (Phi) is 4.35. The van der Waals surface area contributed by atoms with Crippen molar-refractivity contribution in [3.05, 3.63) is 52.7 Å². The molecule has 146 valence electrons. The topological polar surface area (TPSA) is 88.4 Å². The van der Waals surface area contributed by atoms with Crippen molar-refractivity contribution in [2.45, 2.75) is 50.7 Å². The Labute approximate surface area is 162 Å². The van der Waals surface area contributed by atoms with Crippen molar-refractivity contribution in [1.82, 2.24) is 29.2 Å². The van der Waals surface area contributed by atoms with Crippen LogP contribution in [0.1, 0.15) is 56.1 Å². The molecule has 0 spiro atoms. The van der Waals surface area contributed by atoms with Crippen LogP contribution in [0.4, 0.5) is 0 Å². The summed E-state index contributed by atoms with van der Waals surface area (Å²) in [4.78, 5) is 30.7. The van der Waals surface area contributed by atoms with Gasteiger partial charge in [0.1, 0.15) is 17.4 Å². The van der Waals surface area contributed by atoms with Gasteiger partial charge in [0.2, 0.25) is 0 Å². The van der Waals surface area contributed by atoms with Gasteiger partial charge in [0, 0.05) is 43.6 Å². The van der Waals surface area contributed by atoms with Crippen molar-refractivity contribution < 1.29 is 4.74 Å². The SMILES string of the molecule is CC(c1cn2c(C3CCCC3)ncc2c(=O)[nH]1)N1CC(Oc2ncccn2)C1. The van der Waals surface area contributed by atoms with E-state index in [1.165, 1.54) is 12.8 Å². The van der Waals surface area contributed by atoms with Crippen molar-refractivity contribution in [1.29, 1.82) is 0 Å². The number of aromatic amines is 1. The van der Waals surface area contributed by atoms with Crippen LogP contribution in [0.3, 0.4) is 0 Å². The van der Waals surface area contributed by atoms with E-state index < -0.39 is 0 Å². The number of H-pyrrole nitrogens is 1. The first-order valence-corrected chi connectivity index (χ1v) is 9.97. The lowest BCUT2D eigenvalue weighted by atomic mass is 10.1. The summed E-state index contributed by atoms with van der Waals surface area (Å²) in [6.07, 6.45) is 12.0. The highest BCUT2D eigenvalue weighted by molar-refractivity contribution is 5.44. The van der Waals surface area contributed by atoms with E-state index in [0.717, 1.165) is 37.4 Å². The highest BCUT2D eigenvalue weighted by atomic mass is 16.5. The number of hydrogen-bond donors (Lipinski definition) is 1. The van der Waals surface area contributed by atoms with Gasteiger partial charge in [0.15, 0.2) is 0 Å². The van der Waals surface area contributed by atoms with E-state index in [9.17, 15) is 4.79 Å². The van der Waals surface area contributed by atoms with Crippen LogP contribution in [-0.4, -0.2) is 48.4 Å². The smallest absolute Gasteiger partial charge is 0.316 e. The number of hydrogen-bond acceptors (Lipinski definition) is 6. The molecule has 1 saturated heterocycles. The van der Waals surface area contributed by atoms with Crippen LogP contribution < -0.4 is 10.3 Å². The van der Waals surface area contributed by atoms with Crippen LogP contribution in [0, 0.1) is 0 Å². The van der Waals surface area contributed by atoms with Gasteiger partial charge in [-0.2, -0.15) is 0 Å². The van der Waals surface area contributed by atoms with Crippen molar-refractivity contribution in [2.75, 3.05) is 13.1 Å². The van der Waals surface area contributed by atoms with Gasteiger partial charge >= 0.3 is 6.01 Å². The molecule has 1 atom stereocenters. The number of ether oxygens (including phenoxy) is 1. The Balaban J connectivity index is 1.33. The average Bonchev–Trinajstić information content (AvgIpc) is 3.34. The minimum Gasteiger partial charge on any atom is -0.457 e. The highest BCUT2D eigenvalue weighted by Crippen LogP contribution is 2.33. The molecule has 3 aromatic heterocycles. The number of rotatable bonds is 5. The van der Waals surface area contributed by atoms with Crippen molar-refractivity contribution in [2.24, 2.45) is 0 Å². The zero-order chi connectivity index (χ0) is 19.1. The summed E-state index contributed by atoms with van der Waals surface area (Å²) in [5.74, 6) is 1.48. The van der Waals surface area contributed by atoms with Crippen molar-refractivity contribution >= 4 is 5.52 Å². The third kappa shape index (κ3) is 3.07. The molecule has 0 bridgehead atoms. The standard InChI is InChI=1S/C20H24N6O2/c1-13(25-10-15(11-25)28-20-21-7-4-8-22-20)16-12-26-17(19(27)24-16)9-23-18(26)14-5-2-3-6-14/h4,7-9,12-15H,2-3,5-6,10-11H2,1H3,(H,24,27). The van der Waals surface area contributed by atoms with E-state index >= 15 is 0 Å². The fourth-order valence-corrected chi connectivity index (χ4v) is 4.30. The number of likely N-dealkylation sites (tertiary alicyclic amines) is 1. The Hall–Kier alpha value is -2.74. The van der Waals surface area contributed by atoms with Crippen LogP contribution in [0.15, 0.2) is 35.6 Å². The molecule has 3 aromatic rings. The molecule has 0 amide bonds. The number of nitrogens with one attached hydrogen (secondary N) is 1. The lowest BCUT2D eigenvalue weighted by Crippen LogP contribution is -2.54. The molecule has 28 heavy (non-hydrogen) atoms. The van der Waals surface area contributed by atoms with E-state index in [1.807, 2.05) is 4.40 Å². The molecule has 2 aliphatic rings. The summed E-state index contributed by atoms with van der Waals surface area (Å²) in [7, 11) is 0. The first-order valence-electron chi connectivity index (χ1n) is 9.97. The van der Waals surface area contributed by atoms with E-state index in [0.29, 0.717) is 17.4 Å². The third-order valence-corrected chi connectivity index (χ3v) is 5.99. The van der Waals surface area contributed by atoms with E-state index in [2.05, 4.69) is 38.0 Å². The Morgan fingerprint density at radius 3 is 2.68 bits per heavy atom. The van der Waals surface area contributed by atoms with Gasteiger partial charge in [-0.05, 0) is 25.8 Å². The highest BCUT2D eigenvalue weighted by Gasteiger charge is 2.34. The lowest BCUT2D eigenvalue weighted by molar-refractivity contribution is -0.0112. The number of nitrogens with zero attached hydrogens (tertiary/aromatic N) is 5. The molecule has 2 fully saturated rings. The largest absolute Gasteiger partial charge is 0.457 e. The summed E-state index contributed by atoms with van der Waals surface area (Å²) in [6, 6.07) is 2.27. The zero-order valence-electron chi connectivity index (χ0n) is 15.9. The molecule has 5 rings (SSSR count). The van der Waals surface area contributed by atoms with Gasteiger partial charge in [0.25, 0.3) is 5.56 Å². The lowest BCUT2D eigenvalue weighted by Gasteiger charge is -2.42. The van der Waals surface area contributed by atoms with E-state index in [-0.39, 0.29) is 17.7 Å². The van der Waals surface area contributed by atoms with Gasteiger partial charge in [-0.15, -0.1) is 0 Å². The van der Waals surface area contributed by atoms with Crippen LogP contribution in [0.2, 0.25) is 0 Å². The summed E-state index contributed by atoms with van der Waals surface area (Å²) < 4.78 is 7.79. The molecule has 4 heterocycles. The van der Waals surface area contributed by atoms with Crippen LogP contribution in [0.25, 0.3) is 5.52 Å². The van der Waals surface area contributed by atoms with Gasteiger partial charge < -0.3 is 9.72 Å². The molecule has 1 aliphatic carbocycles. The normalized spacial score (nSPS) is 19.8. The second-order valence-electron chi connectivity index (χ2n) is 7.79. The quantitative estimate of drug-likeness (QED) is 0.731. The zero-order valence-corrected chi connectivity index (χ0v) is 15.9. The van der Waals surface area contributed by atoms with Crippen LogP contribution in [-0.2, 0) is 0 Å². The predicted octanol–water partition coefficient (Wildman–Crippen LogP) is 2.29. The molecule has 1 aliphatic heterocycles. The summed E-state index contributed by atoms with van der Waals surface area (Å²) in [6.45, 7) is 3.66. The van der Waals surface area contributed by atoms with Crippen molar-refractivity contribution in [3.8, 4) is 6.01 Å². The maximum absolute atomic E-state index is 12.6. The number of fused-ring (bicyclic) bond motifs is 1. The molecule has 8 nitrogen and oxygen atoms in total. The predicted molar refractivity (Wildman–Crippen MR) is 103 cm³/mol. The molecule has 8 heteroatoms. The first-order chi connectivity index (χ1) is 13.7. The Bertz CT molecular complexity index is 1020. The minimum atomic E-state index is -0.0768. The first kappa shape index (κ1) is 17.4. The molecule has 1 N–H and O–H groups in total. The molecule has 0 radical (unpaired) electrons. The second-order valence-corrected chi connectivity index (χ2v) is 7.79. The van der Waals surface area contributed by atoms with E-state index in [4.69, 9.17) is 4.74 Å². The Morgan fingerprint density at radius 2 is 1.93 bits per heavy atom. The van der Waals surface area contributed by atoms with Crippen LogP contribution in [0.5, 0.6) is 6.01 Å². The van der Waals surface area contributed by atoms with Gasteiger partial charge in [0.05, 0.1) is 11.9 Å².